The van der Waals surface area contributed by atoms with Gasteiger partial charge in [-0.05, 0) is 26.0 Å². The number of aromatic amines is 1. The summed E-state index contributed by atoms with van der Waals surface area (Å²) in [7, 11) is 1.57. The Kier molecular flexibility index (Phi) is 4.59. The maximum atomic E-state index is 11.8. The van der Waals surface area contributed by atoms with Crippen molar-refractivity contribution in [1.82, 2.24) is 9.97 Å². The van der Waals surface area contributed by atoms with Crippen molar-refractivity contribution in [3.63, 3.8) is 0 Å². The summed E-state index contributed by atoms with van der Waals surface area (Å²) in [6.45, 7) is 4.13. The molecule has 0 spiro atoms. The summed E-state index contributed by atoms with van der Waals surface area (Å²) in [6.07, 6.45) is 0. The molecule has 112 valence electrons. The number of nitrogens with one attached hydrogen (secondary N) is 1. The van der Waals surface area contributed by atoms with Crippen molar-refractivity contribution in [2.24, 2.45) is 5.73 Å². The summed E-state index contributed by atoms with van der Waals surface area (Å²) in [6, 6.07) is 6.50. The minimum Gasteiger partial charge on any atom is -0.493 e. The second-order valence-electron chi connectivity index (χ2n) is 4.58. The van der Waals surface area contributed by atoms with Crippen LogP contribution in [0.1, 0.15) is 25.6 Å². The molecule has 0 fully saturated rings. The molecule has 6 nitrogen and oxygen atoms in total. The smallest absolute Gasteiger partial charge is 0.251 e. The Morgan fingerprint density at radius 2 is 2.19 bits per heavy atom. The highest BCUT2D eigenvalue weighted by atomic mass is 16.5. The van der Waals surface area contributed by atoms with Crippen LogP contribution < -0.4 is 20.8 Å². The standard InChI is InChI=1S/C15H19N3O3/c1-4-21-14-10(6-5-7-12(14)20-3)15-17-11(9(2)16)8-13(19)18-15/h5-9H,4,16H2,1-3H3,(H,17,18,19). The van der Waals surface area contributed by atoms with E-state index in [1.165, 1.54) is 6.07 Å². The van der Waals surface area contributed by atoms with Gasteiger partial charge in [-0.1, -0.05) is 6.07 Å². The van der Waals surface area contributed by atoms with Crippen LogP contribution in [-0.4, -0.2) is 23.7 Å². The lowest BCUT2D eigenvalue weighted by atomic mass is 10.1. The molecule has 6 heteroatoms. The van der Waals surface area contributed by atoms with E-state index < -0.39 is 0 Å². The molecule has 2 aromatic rings. The fourth-order valence-electron chi connectivity index (χ4n) is 1.99. The number of nitrogens with two attached hydrogens (primary N) is 1. The first-order valence-electron chi connectivity index (χ1n) is 6.73. The SMILES string of the molecule is CCOc1c(OC)cccc1-c1nc(C(C)N)cc(=O)[nH]1. The molecule has 1 aromatic heterocycles. The van der Waals surface area contributed by atoms with E-state index in [2.05, 4.69) is 9.97 Å². The van der Waals surface area contributed by atoms with Gasteiger partial charge in [-0.3, -0.25) is 4.79 Å². The van der Waals surface area contributed by atoms with Gasteiger partial charge < -0.3 is 20.2 Å². The molecule has 21 heavy (non-hydrogen) atoms. The molecule has 0 saturated carbocycles. The van der Waals surface area contributed by atoms with Crippen molar-refractivity contribution >= 4 is 0 Å². The third-order valence-electron chi connectivity index (χ3n) is 2.97. The molecule has 1 heterocycles. The Morgan fingerprint density at radius 3 is 2.81 bits per heavy atom. The third-order valence-corrected chi connectivity index (χ3v) is 2.97. The maximum Gasteiger partial charge on any atom is 0.251 e. The molecular weight excluding hydrogens is 270 g/mol. The van der Waals surface area contributed by atoms with Gasteiger partial charge in [0.25, 0.3) is 5.56 Å². The molecule has 0 aliphatic rings. The number of methoxy groups -OCH3 is 1. The number of para-hydroxylation sites is 1. The van der Waals surface area contributed by atoms with E-state index in [-0.39, 0.29) is 11.6 Å². The highest BCUT2D eigenvalue weighted by Gasteiger charge is 2.15. The van der Waals surface area contributed by atoms with E-state index in [0.717, 1.165) is 0 Å². The predicted octanol–water partition coefficient (Wildman–Crippen LogP) is 1.86. The molecule has 1 aromatic carbocycles. The zero-order chi connectivity index (χ0) is 15.4. The van der Waals surface area contributed by atoms with E-state index in [4.69, 9.17) is 15.2 Å². The first-order chi connectivity index (χ1) is 10.1. The lowest BCUT2D eigenvalue weighted by Crippen LogP contribution is -2.16. The molecule has 1 unspecified atom stereocenters. The van der Waals surface area contributed by atoms with Crippen LogP contribution in [0.25, 0.3) is 11.4 Å². The van der Waals surface area contributed by atoms with Gasteiger partial charge in [0.2, 0.25) is 0 Å². The van der Waals surface area contributed by atoms with E-state index in [9.17, 15) is 4.79 Å². The first-order valence-corrected chi connectivity index (χ1v) is 6.73. The number of ether oxygens (including phenoxy) is 2. The molecular formula is C15H19N3O3. The average Bonchev–Trinajstić information content (AvgIpc) is 2.47. The van der Waals surface area contributed by atoms with Crippen molar-refractivity contribution in [3.05, 3.63) is 40.3 Å². The average molecular weight is 289 g/mol. The van der Waals surface area contributed by atoms with Crippen molar-refractivity contribution in [3.8, 4) is 22.9 Å². The van der Waals surface area contributed by atoms with E-state index in [0.29, 0.717) is 35.2 Å². The summed E-state index contributed by atoms with van der Waals surface area (Å²) in [5.74, 6) is 1.55. The molecule has 0 amide bonds. The number of benzene rings is 1. The first kappa shape index (κ1) is 15.1. The Morgan fingerprint density at radius 1 is 1.43 bits per heavy atom. The van der Waals surface area contributed by atoms with Crippen molar-refractivity contribution in [1.29, 1.82) is 0 Å². The third kappa shape index (κ3) is 3.22. The van der Waals surface area contributed by atoms with Gasteiger partial charge in [0, 0.05) is 12.1 Å². The molecule has 0 aliphatic carbocycles. The number of hydrogen-bond acceptors (Lipinski definition) is 5. The second kappa shape index (κ2) is 6.41. The summed E-state index contributed by atoms with van der Waals surface area (Å²) < 4.78 is 10.9. The Balaban J connectivity index is 2.63. The van der Waals surface area contributed by atoms with Crippen molar-refractivity contribution < 1.29 is 9.47 Å². The van der Waals surface area contributed by atoms with E-state index >= 15 is 0 Å². The number of nitrogens with zero attached hydrogens (tertiary/aromatic N) is 1. The Labute approximate surface area is 122 Å². The molecule has 1 atom stereocenters. The van der Waals surface area contributed by atoms with Crippen LogP contribution in [0.15, 0.2) is 29.1 Å². The van der Waals surface area contributed by atoms with Crippen LogP contribution >= 0.6 is 0 Å². The second-order valence-corrected chi connectivity index (χ2v) is 4.58. The maximum absolute atomic E-state index is 11.8. The van der Waals surface area contributed by atoms with Crippen LogP contribution in [0.3, 0.4) is 0 Å². The van der Waals surface area contributed by atoms with E-state index in [1.54, 1.807) is 20.1 Å². The van der Waals surface area contributed by atoms with Crippen LogP contribution in [0.4, 0.5) is 0 Å². The van der Waals surface area contributed by atoms with E-state index in [1.807, 2.05) is 19.1 Å². The number of aromatic nitrogens is 2. The monoisotopic (exact) mass is 289 g/mol. The van der Waals surface area contributed by atoms with Crippen molar-refractivity contribution in [2.75, 3.05) is 13.7 Å². The van der Waals surface area contributed by atoms with Gasteiger partial charge in [0.05, 0.1) is 25.0 Å². The lowest BCUT2D eigenvalue weighted by molar-refractivity contribution is 0.312. The minimum atomic E-state index is -0.327. The molecule has 2 rings (SSSR count). The quantitative estimate of drug-likeness (QED) is 0.877. The minimum absolute atomic E-state index is 0.252. The summed E-state index contributed by atoms with van der Waals surface area (Å²) in [5.41, 5.74) is 6.75. The van der Waals surface area contributed by atoms with Gasteiger partial charge in [-0.25, -0.2) is 4.98 Å². The highest BCUT2D eigenvalue weighted by Crippen LogP contribution is 2.36. The summed E-state index contributed by atoms with van der Waals surface area (Å²) in [5, 5.41) is 0. The molecule has 0 bridgehead atoms. The number of hydrogen-bond donors (Lipinski definition) is 2. The predicted molar refractivity (Wildman–Crippen MR) is 80.6 cm³/mol. The number of H-pyrrole nitrogens is 1. The van der Waals surface area contributed by atoms with Crippen LogP contribution in [0, 0.1) is 0 Å². The zero-order valence-corrected chi connectivity index (χ0v) is 12.3. The Bertz CT molecular complexity index is 680. The van der Waals surface area contributed by atoms with Crippen LogP contribution in [0.2, 0.25) is 0 Å². The molecule has 0 aliphatic heterocycles. The molecule has 3 N–H and O–H groups in total. The van der Waals surface area contributed by atoms with Gasteiger partial charge in [-0.2, -0.15) is 0 Å². The van der Waals surface area contributed by atoms with Gasteiger partial charge in [0.1, 0.15) is 5.82 Å². The number of rotatable bonds is 5. The van der Waals surface area contributed by atoms with Crippen molar-refractivity contribution in [2.45, 2.75) is 19.9 Å². The molecule has 0 radical (unpaired) electrons. The normalized spacial score (nSPS) is 12.0. The van der Waals surface area contributed by atoms with Crippen LogP contribution in [-0.2, 0) is 0 Å². The fraction of sp³-hybridized carbons (Fsp3) is 0.333. The Hall–Kier alpha value is -2.34. The topological polar surface area (TPSA) is 90.2 Å². The van der Waals surface area contributed by atoms with Gasteiger partial charge in [0.15, 0.2) is 11.5 Å². The van der Waals surface area contributed by atoms with Crippen LogP contribution in [0.5, 0.6) is 11.5 Å². The molecule has 0 saturated heterocycles. The fourth-order valence-corrected chi connectivity index (χ4v) is 1.99. The lowest BCUT2D eigenvalue weighted by Gasteiger charge is -2.14. The largest absolute Gasteiger partial charge is 0.493 e. The zero-order valence-electron chi connectivity index (χ0n) is 12.3. The summed E-state index contributed by atoms with van der Waals surface area (Å²) in [4.78, 5) is 18.9. The van der Waals surface area contributed by atoms with Gasteiger partial charge >= 0.3 is 0 Å². The van der Waals surface area contributed by atoms with Gasteiger partial charge in [-0.15, -0.1) is 0 Å². The summed E-state index contributed by atoms with van der Waals surface area (Å²) >= 11 is 0. The highest BCUT2D eigenvalue weighted by molar-refractivity contribution is 5.68.